The Kier molecular flexibility index (Phi) is 12.1. The molecule has 16 heteroatoms. The van der Waals surface area contributed by atoms with Gasteiger partial charge in [-0.2, -0.15) is 10.2 Å². The number of nitrogens with one attached hydrogen (secondary N) is 1. The van der Waals surface area contributed by atoms with E-state index in [1.165, 1.54) is 0 Å². The van der Waals surface area contributed by atoms with Crippen molar-refractivity contribution in [2.24, 2.45) is 13.0 Å². The molecule has 2 saturated heterocycles. The number of likely N-dealkylation sites (tertiary alicyclic amines) is 2. The first-order valence-electron chi connectivity index (χ1n) is 20.4. The summed E-state index contributed by atoms with van der Waals surface area (Å²) < 4.78 is 44.4. The van der Waals surface area contributed by atoms with Gasteiger partial charge in [0.15, 0.2) is 5.82 Å². The number of urea groups is 1. The fourth-order valence-electron chi connectivity index (χ4n) is 8.73. The summed E-state index contributed by atoms with van der Waals surface area (Å²) in [6.07, 6.45) is 6.68. The number of alkyl halides is 2. The third-order valence-electron chi connectivity index (χ3n) is 11.8. The van der Waals surface area contributed by atoms with Crippen molar-refractivity contribution >= 4 is 29.5 Å². The second-order valence-corrected chi connectivity index (χ2v) is 16.8. The Hall–Kier alpha value is -4.73. The molecular weight excluding hydrogens is 737 g/mol. The van der Waals surface area contributed by atoms with Crippen LogP contribution in [0.1, 0.15) is 94.1 Å². The van der Waals surface area contributed by atoms with Crippen LogP contribution in [0.3, 0.4) is 0 Å². The van der Waals surface area contributed by atoms with E-state index >= 15 is 0 Å². The van der Waals surface area contributed by atoms with E-state index in [0.717, 1.165) is 67.5 Å². The van der Waals surface area contributed by atoms with Crippen molar-refractivity contribution in [3.05, 3.63) is 46.9 Å². The molecule has 310 valence electrons. The van der Waals surface area contributed by atoms with Gasteiger partial charge >= 0.3 is 12.1 Å². The van der Waals surface area contributed by atoms with Crippen LogP contribution in [-0.4, -0.2) is 117 Å². The van der Waals surface area contributed by atoms with Crippen LogP contribution in [0.4, 0.5) is 29.9 Å². The highest BCUT2D eigenvalue weighted by molar-refractivity contribution is 5.79. The van der Waals surface area contributed by atoms with Crippen molar-refractivity contribution in [1.82, 2.24) is 39.6 Å². The zero-order valence-electron chi connectivity index (χ0n) is 33.9. The van der Waals surface area contributed by atoms with Crippen LogP contribution in [0.25, 0.3) is 11.1 Å². The summed E-state index contributed by atoms with van der Waals surface area (Å²) in [5, 5.41) is 12.2. The molecule has 0 aliphatic carbocycles. The Labute approximate surface area is 333 Å². The van der Waals surface area contributed by atoms with E-state index in [4.69, 9.17) is 14.6 Å². The molecule has 2 fully saturated rings. The number of carbonyl (C=O) groups excluding carboxylic acids is 3. The minimum Gasteiger partial charge on any atom is -0.444 e. The van der Waals surface area contributed by atoms with Gasteiger partial charge in [0.1, 0.15) is 12.2 Å². The molecule has 0 spiro atoms. The summed E-state index contributed by atoms with van der Waals surface area (Å²) in [7, 11) is 3.39. The molecule has 14 nitrogen and oxygen atoms in total. The van der Waals surface area contributed by atoms with Gasteiger partial charge in [0.2, 0.25) is 5.91 Å². The molecule has 4 aliphatic rings. The first kappa shape index (κ1) is 40.5. The van der Waals surface area contributed by atoms with Gasteiger partial charge in [0, 0.05) is 101 Å². The van der Waals surface area contributed by atoms with Gasteiger partial charge in [0.05, 0.1) is 18.8 Å². The van der Waals surface area contributed by atoms with Crippen molar-refractivity contribution < 1.29 is 32.6 Å². The molecule has 2 aromatic heterocycles. The zero-order valence-corrected chi connectivity index (χ0v) is 33.9. The number of benzene rings is 1. The van der Waals surface area contributed by atoms with E-state index in [9.17, 15) is 23.2 Å². The van der Waals surface area contributed by atoms with Gasteiger partial charge in [-0.1, -0.05) is 0 Å². The van der Waals surface area contributed by atoms with Crippen LogP contribution in [-0.2, 0) is 40.7 Å². The summed E-state index contributed by atoms with van der Waals surface area (Å²) in [6.45, 7) is 10.1. The predicted octanol–water partition coefficient (Wildman–Crippen LogP) is 6.22. The average molecular weight is 794 g/mol. The number of carbonyl (C=O) groups is 3. The Morgan fingerprint density at radius 2 is 1.70 bits per heavy atom. The highest BCUT2D eigenvalue weighted by atomic mass is 19.3. The Morgan fingerprint density at radius 1 is 0.965 bits per heavy atom. The van der Waals surface area contributed by atoms with E-state index in [2.05, 4.69) is 20.0 Å². The molecule has 3 aromatic rings. The topological polar surface area (TPSA) is 130 Å². The molecule has 0 radical (unpaired) electrons. The zero-order chi connectivity index (χ0) is 40.4. The third kappa shape index (κ3) is 9.05. The largest absolute Gasteiger partial charge is 0.444 e. The Morgan fingerprint density at radius 3 is 2.37 bits per heavy atom. The SMILES string of the molecule is CNC(=O)N1CCc2c(c(N3CCCc4cc(-c5cnn(C)c5)c(C(F)F)cc43)nn2C2CCN(C(=O)COCCC3CCN(C(=O)OC(C)(C)C)CC3)CC2)C1. The number of amides is 4. The smallest absolute Gasteiger partial charge is 0.410 e. The second kappa shape index (κ2) is 17.0. The number of rotatable bonds is 9. The van der Waals surface area contributed by atoms with E-state index in [1.807, 2.05) is 31.7 Å². The molecule has 0 bridgehead atoms. The van der Waals surface area contributed by atoms with E-state index in [-0.39, 0.29) is 36.2 Å². The third-order valence-corrected chi connectivity index (χ3v) is 11.8. The molecule has 6 heterocycles. The van der Waals surface area contributed by atoms with Crippen molar-refractivity contribution in [1.29, 1.82) is 0 Å². The number of hydrogen-bond acceptors (Lipinski definition) is 8. The lowest BCUT2D eigenvalue weighted by molar-refractivity contribution is -0.137. The summed E-state index contributed by atoms with van der Waals surface area (Å²) in [5.74, 6) is 1.12. The number of aryl methyl sites for hydroxylation is 2. The molecule has 1 aromatic carbocycles. The first-order valence-corrected chi connectivity index (χ1v) is 20.4. The molecule has 4 aliphatic heterocycles. The lowest BCUT2D eigenvalue weighted by Gasteiger charge is -2.34. The van der Waals surface area contributed by atoms with Gasteiger partial charge in [-0.15, -0.1) is 0 Å². The summed E-state index contributed by atoms with van der Waals surface area (Å²) in [6, 6.07) is 3.38. The number of fused-ring (bicyclic) bond motifs is 2. The molecular formula is C41H57F2N9O5. The number of aromatic nitrogens is 4. The highest BCUT2D eigenvalue weighted by Gasteiger charge is 2.36. The van der Waals surface area contributed by atoms with Crippen molar-refractivity contribution in [2.45, 2.75) is 96.8 Å². The van der Waals surface area contributed by atoms with Crippen LogP contribution in [0, 0.1) is 5.92 Å². The van der Waals surface area contributed by atoms with Crippen LogP contribution in [0.15, 0.2) is 24.5 Å². The maximum atomic E-state index is 14.7. The number of piperidine rings is 2. The van der Waals surface area contributed by atoms with Gasteiger partial charge < -0.3 is 34.4 Å². The van der Waals surface area contributed by atoms with Crippen LogP contribution in [0.2, 0.25) is 0 Å². The maximum absolute atomic E-state index is 14.7. The molecule has 0 atom stereocenters. The van der Waals surface area contributed by atoms with Crippen molar-refractivity contribution in [3.8, 4) is 11.1 Å². The summed E-state index contributed by atoms with van der Waals surface area (Å²) in [4.78, 5) is 45.9. The van der Waals surface area contributed by atoms with Crippen LogP contribution < -0.4 is 10.2 Å². The lowest BCUT2D eigenvalue weighted by atomic mass is 9.92. The fraction of sp³-hybridized carbons (Fsp3) is 0.634. The average Bonchev–Trinajstić information content (AvgIpc) is 3.81. The van der Waals surface area contributed by atoms with E-state index < -0.39 is 12.0 Å². The van der Waals surface area contributed by atoms with Crippen LogP contribution in [0.5, 0.6) is 0 Å². The van der Waals surface area contributed by atoms with Crippen molar-refractivity contribution in [3.63, 3.8) is 0 Å². The molecule has 7 rings (SSSR count). The van der Waals surface area contributed by atoms with Gasteiger partial charge in [0.25, 0.3) is 6.43 Å². The lowest BCUT2D eigenvalue weighted by Crippen LogP contribution is -2.43. The monoisotopic (exact) mass is 793 g/mol. The van der Waals surface area contributed by atoms with E-state index in [0.29, 0.717) is 81.7 Å². The summed E-state index contributed by atoms with van der Waals surface area (Å²) in [5.41, 5.74) is 4.28. The van der Waals surface area contributed by atoms with Gasteiger partial charge in [-0.25, -0.2) is 18.4 Å². The van der Waals surface area contributed by atoms with Gasteiger partial charge in [-0.05, 0) is 94.9 Å². The minimum atomic E-state index is -2.68. The number of halogens is 2. The van der Waals surface area contributed by atoms with Crippen molar-refractivity contribution in [2.75, 3.05) is 64.4 Å². The fourth-order valence-corrected chi connectivity index (χ4v) is 8.73. The first-order chi connectivity index (χ1) is 27.3. The molecule has 57 heavy (non-hydrogen) atoms. The Bertz CT molecular complexity index is 1920. The minimum absolute atomic E-state index is 0.0250. The quantitative estimate of drug-likeness (QED) is 0.253. The maximum Gasteiger partial charge on any atom is 0.410 e. The van der Waals surface area contributed by atoms with E-state index in [1.54, 1.807) is 47.0 Å². The van der Waals surface area contributed by atoms with Crippen LogP contribution >= 0.6 is 0 Å². The predicted molar refractivity (Wildman–Crippen MR) is 211 cm³/mol. The molecule has 1 N–H and O–H groups in total. The standard InChI is InChI=1S/C41H57F2N9O5/c1-41(2,3)57-40(55)49-15-8-27(9-16-49)13-20-56-26-36(53)48-17-10-30(11-18-48)52-34-12-19-50(39(54)44-4)25-33(34)38(46-52)51-14-6-7-28-21-31(29-23-45-47(5)24-29)32(37(42)43)22-35(28)51/h21-24,27,30,37H,6-20,25-26H2,1-5H3,(H,44,54). The highest BCUT2D eigenvalue weighted by Crippen LogP contribution is 2.43. The normalized spacial score (nSPS) is 18.2. The number of anilines is 2. The molecule has 0 saturated carbocycles. The molecule has 0 unspecified atom stereocenters. The second-order valence-electron chi connectivity index (χ2n) is 16.8. The summed E-state index contributed by atoms with van der Waals surface area (Å²) >= 11 is 0. The number of hydrogen-bond donors (Lipinski definition) is 1. The molecule has 4 amide bonds. The van der Waals surface area contributed by atoms with Gasteiger partial charge in [-0.3, -0.25) is 14.2 Å². The Balaban J connectivity index is 1.00. The number of ether oxygens (including phenoxy) is 2. The number of nitrogens with zero attached hydrogens (tertiary/aromatic N) is 8.